The third-order valence-electron chi connectivity index (χ3n) is 3.41. The van der Waals surface area contributed by atoms with E-state index in [0.29, 0.717) is 24.0 Å². The lowest BCUT2D eigenvalue weighted by atomic mass is 10.1. The van der Waals surface area contributed by atoms with Crippen molar-refractivity contribution in [2.24, 2.45) is 0 Å². The van der Waals surface area contributed by atoms with Crippen LogP contribution in [0, 0.1) is 5.82 Å². The summed E-state index contributed by atoms with van der Waals surface area (Å²) in [6.45, 7) is 0. The van der Waals surface area contributed by atoms with Crippen molar-refractivity contribution in [3.8, 4) is 16.9 Å². The molecule has 0 aliphatic heterocycles. The molecule has 1 heterocycles. The summed E-state index contributed by atoms with van der Waals surface area (Å²) >= 11 is 0. The Labute approximate surface area is 121 Å². The summed E-state index contributed by atoms with van der Waals surface area (Å²) in [5, 5.41) is 3.51. The maximum atomic E-state index is 13.7. The van der Waals surface area contributed by atoms with Gasteiger partial charge in [0.25, 0.3) is 10.0 Å². The third-order valence-corrected chi connectivity index (χ3v) is 5.45. The van der Waals surface area contributed by atoms with Gasteiger partial charge in [-0.1, -0.05) is 0 Å². The molecule has 0 radical (unpaired) electrons. The summed E-state index contributed by atoms with van der Waals surface area (Å²) < 4.78 is 43.8. The average molecular weight is 311 g/mol. The van der Waals surface area contributed by atoms with Gasteiger partial charge < -0.3 is 10.5 Å². The number of benzene rings is 1. The maximum Gasteiger partial charge on any atom is 0.256 e. The molecule has 0 saturated heterocycles. The van der Waals surface area contributed by atoms with Crippen molar-refractivity contribution in [3.05, 3.63) is 30.3 Å². The van der Waals surface area contributed by atoms with Crippen LogP contribution in [0.1, 0.15) is 12.8 Å². The van der Waals surface area contributed by atoms with Crippen LogP contribution in [0.2, 0.25) is 0 Å². The Balaban J connectivity index is 2.02. The highest BCUT2D eigenvalue weighted by Crippen LogP contribution is 2.33. The highest BCUT2D eigenvalue weighted by atomic mass is 32.2. The molecule has 1 aliphatic carbocycles. The van der Waals surface area contributed by atoms with Crippen LogP contribution in [0.5, 0.6) is 5.75 Å². The Bertz CT molecular complexity index is 797. The van der Waals surface area contributed by atoms with E-state index in [0.717, 1.165) is 4.09 Å². The lowest BCUT2D eigenvalue weighted by molar-refractivity contribution is 0.414. The summed E-state index contributed by atoms with van der Waals surface area (Å²) in [6.07, 6.45) is 4.06. The van der Waals surface area contributed by atoms with Crippen LogP contribution in [0.3, 0.4) is 0 Å². The molecule has 1 fully saturated rings. The van der Waals surface area contributed by atoms with Gasteiger partial charge in [0, 0.05) is 5.56 Å². The van der Waals surface area contributed by atoms with E-state index in [1.807, 2.05) is 0 Å². The monoisotopic (exact) mass is 311 g/mol. The summed E-state index contributed by atoms with van der Waals surface area (Å²) in [5.41, 5.74) is 6.40. The predicted molar refractivity (Wildman–Crippen MR) is 75.9 cm³/mol. The first-order valence-electron chi connectivity index (χ1n) is 6.36. The molecule has 8 heteroatoms. The minimum absolute atomic E-state index is 0.0840. The molecule has 1 aromatic carbocycles. The standard InChI is InChI=1S/C13H14FN3O3S/c1-20-12-5-8(4-11(14)13(12)15)9-6-16-17(7-9)21(18,19)10-2-3-10/h4-7,10H,2-3,15H2,1H3. The van der Waals surface area contributed by atoms with Gasteiger partial charge >= 0.3 is 0 Å². The Kier molecular flexibility index (Phi) is 3.12. The molecule has 0 atom stereocenters. The summed E-state index contributed by atoms with van der Waals surface area (Å²) in [4.78, 5) is 0. The zero-order chi connectivity index (χ0) is 15.2. The van der Waals surface area contributed by atoms with Gasteiger partial charge in [-0.15, -0.1) is 0 Å². The van der Waals surface area contributed by atoms with Crippen molar-refractivity contribution in [3.63, 3.8) is 0 Å². The van der Waals surface area contributed by atoms with Crippen LogP contribution in [0.15, 0.2) is 24.5 Å². The number of nitrogen functional groups attached to an aromatic ring is 1. The molecule has 2 aromatic rings. The number of nitrogens with two attached hydrogens (primary N) is 1. The van der Waals surface area contributed by atoms with Crippen LogP contribution in [0.25, 0.3) is 11.1 Å². The number of rotatable bonds is 4. The molecule has 0 unspecified atom stereocenters. The molecule has 1 saturated carbocycles. The number of nitrogens with zero attached hydrogens (tertiary/aromatic N) is 2. The first-order chi connectivity index (χ1) is 9.93. The molecule has 21 heavy (non-hydrogen) atoms. The minimum Gasteiger partial charge on any atom is -0.494 e. The second-order valence-corrected chi connectivity index (χ2v) is 6.99. The fourth-order valence-electron chi connectivity index (χ4n) is 2.04. The summed E-state index contributed by atoms with van der Waals surface area (Å²) in [7, 11) is -2.05. The largest absolute Gasteiger partial charge is 0.494 e. The molecule has 0 bridgehead atoms. The molecule has 0 amide bonds. The van der Waals surface area contributed by atoms with Crippen molar-refractivity contribution < 1.29 is 17.5 Å². The van der Waals surface area contributed by atoms with E-state index in [2.05, 4.69) is 5.10 Å². The third kappa shape index (κ3) is 2.35. The molecule has 1 aliphatic rings. The van der Waals surface area contributed by atoms with Gasteiger partial charge in [0.1, 0.15) is 11.4 Å². The highest BCUT2D eigenvalue weighted by Gasteiger charge is 2.37. The molecular weight excluding hydrogens is 297 g/mol. The molecule has 1 aromatic heterocycles. The number of anilines is 1. The molecule has 112 valence electrons. The van der Waals surface area contributed by atoms with E-state index in [-0.39, 0.29) is 16.7 Å². The van der Waals surface area contributed by atoms with Gasteiger partial charge in [-0.3, -0.25) is 0 Å². The quantitative estimate of drug-likeness (QED) is 0.867. The van der Waals surface area contributed by atoms with Crippen molar-refractivity contribution >= 4 is 15.7 Å². The lowest BCUT2D eigenvalue weighted by Gasteiger charge is -2.07. The maximum absolute atomic E-state index is 13.7. The Morgan fingerprint density at radius 1 is 1.38 bits per heavy atom. The number of halogens is 1. The number of hydrogen-bond donors (Lipinski definition) is 1. The van der Waals surface area contributed by atoms with Crippen LogP contribution in [-0.2, 0) is 10.0 Å². The average Bonchev–Trinajstić information content (AvgIpc) is 3.19. The van der Waals surface area contributed by atoms with Gasteiger partial charge in [-0.25, -0.2) is 12.8 Å². The van der Waals surface area contributed by atoms with Crippen molar-refractivity contribution in [1.29, 1.82) is 0 Å². The molecule has 2 N–H and O–H groups in total. The minimum atomic E-state index is -3.43. The number of methoxy groups -OCH3 is 1. The van der Waals surface area contributed by atoms with Crippen molar-refractivity contribution in [1.82, 2.24) is 9.19 Å². The van der Waals surface area contributed by atoms with E-state index in [4.69, 9.17) is 10.5 Å². The summed E-state index contributed by atoms with van der Waals surface area (Å²) in [6, 6.07) is 2.77. The van der Waals surface area contributed by atoms with Crippen LogP contribution >= 0.6 is 0 Å². The lowest BCUT2D eigenvalue weighted by Crippen LogP contribution is -2.17. The van der Waals surface area contributed by atoms with Crippen LogP contribution < -0.4 is 10.5 Å². The first kappa shape index (κ1) is 13.9. The zero-order valence-electron chi connectivity index (χ0n) is 11.3. The summed E-state index contributed by atoms with van der Waals surface area (Å²) in [5.74, 6) is -0.426. The van der Waals surface area contributed by atoms with E-state index in [1.165, 1.54) is 25.6 Å². The zero-order valence-corrected chi connectivity index (χ0v) is 12.1. The normalized spacial score (nSPS) is 15.1. The second kappa shape index (κ2) is 4.73. The Hall–Kier alpha value is -2.09. The fourth-order valence-corrected chi connectivity index (χ4v) is 3.52. The van der Waals surface area contributed by atoms with E-state index < -0.39 is 15.8 Å². The van der Waals surface area contributed by atoms with Crippen LogP contribution in [0.4, 0.5) is 10.1 Å². The van der Waals surface area contributed by atoms with Crippen molar-refractivity contribution in [2.75, 3.05) is 12.8 Å². The van der Waals surface area contributed by atoms with Crippen molar-refractivity contribution in [2.45, 2.75) is 18.1 Å². The molecular formula is C13H14FN3O3S. The van der Waals surface area contributed by atoms with E-state index in [9.17, 15) is 12.8 Å². The molecule has 0 spiro atoms. The Morgan fingerprint density at radius 3 is 2.71 bits per heavy atom. The molecule has 3 rings (SSSR count). The SMILES string of the molecule is COc1cc(-c2cnn(S(=O)(=O)C3CC3)c2)cc(F)c1N. The highest BCUT2D eigenvalue weighted by molar-refractivity contribution is 7.90. The van der Waals surface area contributed by atoms with E-state index >= 15 is 0 Å². The van der Waals surface area contributed by atoms with Gasteiger partial charge in [-0.2, -0.15) is 9.19 Å². The number of hydrogen-bond acceptors (Lipinski definition) is 5. The number of ether oxygens (including phenoxy) is 1. The first-order valence-corrected chi connectivity index (χ1v) is 7.86. The second-order valence-electron chi connectivity index (χ2n) is 4.92. The van der Waals surface area contributed by atoms with Gasteiger partial charge in [-0.05, 0) is 30.5 Å². The van der Waals surface area contributed by atoms with Gasteiger partial charge in [0.15, 0.2) is 5.82 Å². The predicted octanol–water partition coefficient (Wildman–Crippen LogP) is 1.62. The topological polar surface area (TPSA) is 87.2 Å². The van der Waals surface area contributed by atoms with E-state index in [1.54, 1.807) is 6.07 Å². The molecule has 6 nitrogen and oxygen atoms in total. The Morgan fingerprint density at radius 2 is 2.10 bits per heavy atom. The van der Waals surface area contributed by atoms with Crippen LogP contribution in [-0.4, -0.2) is 30.0 Å². The van der Waals surface area contributed by atoms with Gasteiger partial charge in [0.05, 0.1) is 24.8 Å². The smallest absolute Gasteiger partial charge is 0.256 e. The van der Waals surface area contributed by atoms with Gasteiger partial charge in [0.2, 0.25) is 0 Å². The number of aromatic nitrogens is 2. The fraction of sp³-hybridized carbons (Fsp3) is 0.308.